The van der Waals surface area contributed by atoms with Crippen molar-refractivity contribution in [2.24, 2.45) is 11.7 Å². The molecule has 35 heavy (non-hydrogen) atoms. The summed E-state index contributed by atoms with van der Waals surface area (Å²) in [6, 6.07) is 3.68. The number of para-hydroxylation sites is 1. The predicted molar refractivity (Wildman–Crippen MR) is 137 cm³/mol. The summed E-state index contributed by atoms with van der Waals surface area (Å²) >= 11 is 1.52. The van der Waals surface area contributed by atoms with Crippen molar-refractivity contribution in [1.82, 2.24) is 20.9 Å². The summed E-state index contributed by atoms with van der Waals surface area (Å²) in [6.45, 7) is 4.90. The number of H-pyrrole nitrogens is 1. The highest BCUT2D eigenvalue weighted by atomic mass is 32.2. The van der Waals surface area contributed by atoms with Gasteiger partial charge in [0.15, 0.2) is 0 Å². The molecule has 0 bridgehead atoms. The van der Waals surface area contributed by atoms with Crippen molar-refractivity contribution in [2.45, 2.75) is 57.8 Å². The zero-order valence-electron chi connectivity index (χ0n) is 20.5. The number of carboxylic acid groups (broad SMARTS) is 1. The molecule has 10 nitrogen and oxygen atoms in total. The van der Waals surface area contributed by atoms with E-state index in [-0.39, 0.29) is 12.3 Å². The van der Waals surface area contributed by atoms with Gasteiger partial charge in [-0.15, -0.1) is 0 Å². The number of nitrogens with one attached hydrogen (secondary N) is 4. The van der Waals surface area contributed by atoms with E-state index in [1.54, 1.807) is 20.0 Å². The second-order valence-corrected chi connectivity index (χ2v) is 9.81. The number of hydrogen-bond acceptors (Lipinski definition) is 6. The van der Waals surface area contributed by atoms with Gasteiger partial charge in [-0.1, -0.05) is 32.0 Å². The van der Waals surface area contributed by atoms with E-state index < -0.39 is 47.9 Å². The van der Waals surface area contributed by atoms with E-state index in [1.807, 2.05) is 30.5 Å². The van der Waals surface area contributed by atoms with Gasteiger partial charge in [0.2, 0.25) is 17.7 Å². The topological polar surface area (TPSA) is 166 Å². The Hall–Kier alpha value is -3.05. The summed E-state index contributed by atoms with van der Waals surface area (Å²) in [6.07, 6.45) is 4.12. The van der Waals surface area contributed by atoms with Gasteiger partial charge in [0, 0.05) is 23.5 Å². The van der Waals surface area contributed by atoms with Crippen LogP contribution >= 0.6 is 11.8 Å². The van der Waals surface area contributed by atoms with Crippen LogP contribution in [0.5, 0.6) is 0 Å². The average molecular weight is 506 g/mol. The smallest absolute Gasteiger partial charge is 0.326 e. The zero-order chi connectivity index (χ0) is 26.1. The van der Waals surface area contributed by atoms with Crippen molar-refractivity contribution in [3.05, 3.63) is 36.0 Å². The standard InChI is InChI=1S/C24H35N5O5S/c1-13(2)20(24(33)34)29-23(32)19(11-15-12-26-17-8-6-5-7-16(15)17)28-22(31)18(9-10-35-4)27-21(30)14(3)25/h5-8,12-14,18-20,26H,9-11,25H2,1-4H3,(H,27,30)(H,28,31)(H,29,32)(H,33,34). The third-order valence-electron chi connectivity index (χ3n) is 5.62. The molecule has 1 aromatic heterocycles. The molecule has 2 aromatic rings. The lowest BCUT2D eigenvalue weighted by Crippen LogP contribution is -2.58. The number of nitrogens with two attached hydrogens (primary N) is 1. The fraction of sp³-hybridized carbons (Fsp3) is 0.500. The molecular weight excluding hydrogens is 470 g/mol. The van der Waals surface area contributed by atoms with Crippen molar-refractivity contribution in [1.29, 1.82) is 0 Å². The normalized spacial score (nSPS) is 14.7. The Morgan fingerprint density at radius 1 is 1.00 bits per heavy atom. The maximum absolute atomic E-state index is 13.2. The third kappa shape index (κ3) is 8.00. The molecule has 0 saturated carbocycles. The quantitative estimate of drug-likeness (QED) is 0.236. The van der Waals surface area contributed by atoms with Crippen molar-refractivity contribution < 1.29 is 24.3 Å². The molecule has 3 amide bonds. The summed E-state index contributed by atoms with van der Waals surface area (Å²) in [5, 5.41) is 18.3. The van der Waals surface area contributed by atoms with Crippen molar-refractivity contribution >= 4 is 46.4 Å². The Bertz CT molecular complexity index is 1040. The van der Waals surface area contributed by atoms with Crippen LogP contribution in [-0.2, 0) is 25.6 Å². The molecule has 0 saturated heterocycles. The molecule has 4 unspecified atom stereocenters. The summed E-state index contributed by atoms with van der Waals surface area (Å²) in [5.74, 6) is -2.55. The maximum atomic E-state index is 13.2. The summed E-state index contributed by atoms with van der Waals surface area (Å²) in [4.78, 5) is 53.4. The van der Waals surface area contributed by atoms with Crippen LogP contribution in [0.4, 0.5) is 0 Å². The number of aliphatic carboxylic acids is 1. The van der Waals surface area contributed by atoms with Gasteiger partial charge in [0.25, 0.3) is 0 Å². The van der Waals surface area contributed by atoms with Crippen molar-refractivity contribution in [3.63, 3.8) is 0 Å². The summed E-state index contributed by atoms with van der Waals surface area (Å²) < 4.78 is 0. The van der Waals surface area contributed by atoms with Crippen LogP contribution in [0.1, 0.15) is 32.8 Å². The molecule has 0 radical (unpaired) electrons. The molecule has 0 aliphatic rings. The average Bonchev–Trinajstić information content (AvgIpc) is 3.21. The first-order valence-corrected chi connectivity index (χ1v) is 12.9. The van der Waals surface area contributed by atoms with Crippen LogP contribution in [0.15, 0.2) is 30.5 Å². The number of hydrogen-bond donors (Lipinski definition) is 6. The fourth-order valence-electron chi connectivity index (χ4n) is 3.58. The molecule has 1 aromatic carbocycles. The van der Waals surface area contributed by atoms with Gasteiger partial charge in [-0.3, -0.25) is 14.4 Å². The van der Waals surface area contributed by atoms with Gasteiger partial charge >= 0.3 is 5.97 Å². The van der Waals surface area contributed by atoms with Gasteiger partial charge < -0.3 is 31.8 Å². The highest BCUT2D eigenvalue weighted by Crippen LogP contribution is 2.19. The molecule has 0 aliphatic heterocycles. The largest absolute Gasteiger partial charge is 0.480 e. The minimum Gasteiger partial charge on any atom is -0.480 e. The van der Waals surface area contributed by atoms with E-state index in [0.29, 0.717) is 12.2 Å². The lowest BCUT2D eigenvalue weighted by atomic mass is 10.0. The number of aromatic amines is 1. The number of carbonyl (C=O) groups is 4. The van der Waals surface area contributed by atoms with Gasteiger partial charge in [-0.05, 0) is 42.9 Å². The van der Waals surface area contributed by atoms with Gasteiger partial charge in [0.1, 0.15) is 18.1 Å². The Morgan fingerprint density at radius 3 is 2.23 bits per heavy atom. The minimum atomic E-state index is -1.16. The fourth-order valence-corrected chi connectivity index (χ4v) is 4.05. The summed E-state index contributed by atoms with van der Waals surface area (Å²) in [7, 11) is 0. The summed E-state index contributed by atoms with van der Waals surface area (Å²) in [5.41, 5.74) is 7.31. The molecule has 7 N–H and O–H groups in total. The van der Waals surface area contributed by atoms with Gasteiger partial charge in [0.05, 0.1) is 6.04 Å². The van der Waals surface area contributed by atoms with Gasteiger partial charge in [-0.25, -0.2) is 4.79 Å². The Labute approximate surface area is 209 Å². The van der Waals surface area contributed by atoms with E-state index in [9.17, 15) is 24.3 Å². The lowest BCUT2D eigenvalue weighted by molar-refractivity contribution is -0.143. The second-order valence-electron chi connectivity index (χ2n) is 8.82. The monoisotopic (exact) mass is 505 g/mol. The zero-order valence-corrected chi connectivity index (χ0v) is 21.3. The number of rotatable bonds is 13. The predicted octanol–water partition coefficient (Wildman–Crippen LogP) is 1.01. The first-order valence-electron chi connectivity index (χ1n) is 11.5. The second kappa shape index (κ2) is 13.1. The number of fused-ring (bicyclic) bond motifs is 1. The number of carboxylic acids is 1. The molecule has 192 valence electrons. The van der Waals surface area contributed by atoms with Crippen LogP contribution in [-0.4, -0.2) is 70.0 Å². The molecule has 4 atom stereocenters. The van der Waals surface area contributed by atoms with E-state index >= 15 is 0 Å². The van der Waals surface area contributed by atoms with Crippen molar-refractivity contribution in [3.8, 4) is 0 Å². The van der Waals surface area contributed by atoms with Crippen LogP contribution in [0, 0.1) is 5.92 Å². The SMILES string of the molecule is CSCCC(NC(=O)C(C)N)C(=O)NC(Cc1c[nH]c2ccccc12)C(=O)NC(C(=O)O)C(C)C. The first-order chi connectivity index (χ1) is 16.5. The molecule has 0 aliphatic carbocycles. The minimum absolute atomic E-state index is 0.127. The van der Waals surface area contributed by atoms with Crippen molar-refractivity contribution in [2.75, 3.05) is 12.0 Å². The van der Waals surface area contributed by atoms with Crippen LogP contribution in [0.25, 0.3) is 10.9 Å². The molecule has 0 fully saturated rings. The van der Waals surface area contributed by atoms with E-state index in [0.717, 1.165) is 16.5 Å². The van der Waals surface area contributed by atoms with E-state index in [4.69, 9.17) is 5.73 Å². The van der Waals surface area contributed by atoms with Gasteiger partial charge in [-0.2, -0.15) is 11.8 Å². The highest BCUT2D eigenvalue weighted by molar-refractivity contribution is 7.98. The Kier molecular flexibility index (Phi) is 10.6. The third-order valence-corrected chi connectivity index (χ3v) is 6.26. The molecule has 1 heterocycles. The van der Waals surface area contributed by atoms with E-state index in [1.165, 1.54) is 18.7 Å². The first kappa shape index (κ1) is 28.2. The maximum Gasteiger partial charge on any atom is 0.326 e. The number of thioether (sulfide) groups is 1. The lowest BCUT2D eigenvalue weighted by Gasteiger charge is -2.26. The van der Waals surface area contributed by atoms with Crippen LogP contribution in [0.3, 0.4) is 0 Å². The Morgan fingerprint density at radius 2 is 1.63 bits per heavy atom. The molecule has 2 rings (SSSR count). The number of benzene rings is 1. The van der Waals surface area contributed by atoms with E-state index in [2.05, 4.69) is 20.9 Å². The van der Waals surface area contributed by atoms with Crippen LogP contribution in [0.2, 0.25) is 0 Å². The van der Waals surface area contributed by atoms with Crippen LogP contribution < -0.4 is 21.7 Å². The molecule has 0 spiro atoms. The Balaban J connectivity index is 2.31. The number of carbonyl (C=O) groups excluding carboxylic acids is 3. The number of aromatic nitrogens is 1. The molecular formula is C24H35N5O5S. The highest BCUT2D eigenvalue weighted by Gasteiger charge is 2.31. The number of amides is 3. The molecule has 11 heteroatoms.